The Balaban J connectivity index is 1.72. The molecule has 0 radical (unpaired) electrons. The van der Waals surface area contributed by atoms with Crippen molar-refractivity contribution in [2.45, 2.75) is 31.2 Å². The first kappa shape index (κ1) is 27.4. The van der Waals surface area contributed by atoms with Crippen molar-refractivity contribution >= 4 is 17.6 Å². The van der Waals surface area contributed by atoms with Crippen LogP contribution in [0.3, 0.4) is 0 Å². The molecule has 0 unspecified atom stereocenters. The van der Waals surface area contributed by atoms with Crippen LogP contribution in [-0.4, -0.2) is 23.6 Å². The molecule has 3 N–H and O–H groups in total. The van der Waals surface area contributed by atoms with E-state index in [0.717, 1.165) is 0 Å². The van der Waals surface area contributed by atoms with Crippen LogP contribution in [0.2, 0.25) is 0 Å². The van der Waals surface area contributed by atoms with Crippen molar-refractivity contribution in [2.75, 3.05) is 0 Å². The number of halogens is 6. The van der Waals surface area contributed by atoms with Gasteiger partial charge in [0.25, 0.3) is 0 Å². The average molecular weight is 522 g/mol. The number of hydrogen-bond donors (Lipinski definition) is 2. The Hall–Kier alpha value is -4.15. The van der Waals surface area contributed by atoms with Gasteiger partial charge in [-0.1, -0.05) is 54.6 Å². The number of amides is 2. The largest absolute Gasteiger partial charge is 0.416 e. The Kier molecular flexibility index (Phi) is 8.05. The fourth-order valence-electron chi connectivity index (χ4n) is 3.56. The minimum atomic E-state index is -5.06. The first-order valence-electron chi connectivity index (χ1n) is 10.8. The monoisotopic (exact) mass is 522 g/mol. The van der Waals surface area contributed by atoms with Gasteiger partial charge in [0, 0.05) is 17.5 Å². The van der Waals surface area contributed by atoms with Gasteiger partial charge in [0.15, 0.2) is 5.78 Å². The van der Waals surface area contributed by atoms with Gasteiger partial charge in [-0.05, 0) is 29.3 Å². The van der Waals surface area contributed by atoms with E-state index in [-0.39, 0.29) is 18.3 Å². The number of hydrogen-bond acceptors (Lipinski definition) is 3. The predicted octanol–water partition coefficient (Wildman–Crippen LogP) is 4.71. The summed E-state index contributed by atoms with van der Waals surface area (Å²) < 4.78 is 78.3. The maximum atomic E-state index is 13.1. The molecular weight excluding hydrogens is 502 g/mol. The summed E-state index contributed by atoms with van der Waals surface area (Å²) in [6.45, 7) is 0. The lowest BCUT2D eigenvalue weighted by molar-refractivity contribution is -0.143. The van der Waals surface area contributed by atoms with Crippen LogP contribution in [0.4, 0.5) is 26.3 Å². The minimum absolute atomic E-state index is 0.0418. The highest BCUT2D eigenvalue weighted by Gasteiger charge is 2.37. The predicted molar refractivity (Wildman–Crippen MR) is 121 cm³/mol. The van der Waals surface area contributed by atoms with Crippen LogP contribution in [0.5, 0.6) is 0 Å². The molecule has 0 aliphatic carbocycles. The molecule has 0 saturated heterocycles. The standard InChI is InChI=1S/C26H20F6N2O3/c27-25(28,29)19-10-16(11-20(14-19)26(30,31)32)13-22(35)34-21(24(33)37)12-15-6-8-18(9-7-15)23(36)17-4-2-1-3-5-17/h1-11,14,21H,12-13H2,(H2,33,37)(H,34,35)/t21-/m1/s1. The van der Waals surface area contributed by atoms with Crippen molar-refractivity contribution < 1.29 is 40.7 Å². The molecule has 0 aliphatic heterocycles. The Morgan fingerprint density at radius 2 is 1.24 bits per heavy atom. The van der Waals surface area contributed by atoms with E-state index in [0.29, 0.717) is 28.8 Å². The lowest BCUT2D eigenvalue weighted by atomic mass is 9.99. The summed E-state index contributed by atoms with van der Waals surface area (Å²) in [6.07, 6.45) is -11.1. The molecule has 194 valence electrons. The van der Waals surface area contributed by atoms with E-state index in [9.17, 15) is 40.7 Å². The van der Waals surface area contributed by atoms with E-state index >= 15 is 0 Å². The lowest BCUT2D eigenvalue weighted by Crippen LogP contribution is -2.46. The first-order valence-corrected chi connectivity index (χ1v) is 10.8. The van der Waals surface area contributed by atoms with Gasteiger partial charge in [-0.2, -0.15) is 26.3 Å². The molecule has 3 rings (SSSR count). The summed E-state index contributed by atoms with van der Waals surface area (Å²) >= 11 is 0. The zero-order valence-corrected chi connectivity index (χ0v) is 19.0. The summed E-state index contributed by atoms with van der Waals surface area (Å²) in [5.41, 5.74) is 3.05. The third-order valence-corrected chi connectivity index (χ3v) is 5.38. The number of carbonyl (C=O) groups excluding carboxylic acids is 3. The van der Waals surface area contributed by atoms with Gasteiger partial charge >= 0.3 is 12.4 Å². The van der Waals surface area contributed by atoms with E-state index in [1.54, 1.807) is 42.5 Å². The Bertz CT molecular complexity index is 1250. The molecule has 3 aromatic rings. The average Bonchev–Trinajstić information content (AvgIpc) is 2.83. The van der Waals surface area contributed by atoms with Crippen LogP contribution in [0.25, 0.3) is 0 Å². The van der Waals surface area contributed by atoms with Gasteiger partial charge in [0.1, 0.15) is 6.04 Å². The molecule has 2 amide bonds. The van der Waals surface area contributed by atoms with Crippen molar-refractivity contribution in [3.63, 3.8) is 0 Å². The molecule has 0 saturated carbocycles. The number of benzene rings is 3. The summed E-state index contributed by atoms with van der Waals surface area (Å²) in [4.78, 5) is 36.8. The van der Waals surface area contributed by atoms with Crippen molar-refractivity contribution in [1.29, 1.82) is 0 Å². The van der Waals surface area contributed by atoms with Crippen LogP contribution < -0.4 is 11.1 Å². The molecule has 0 aromatic heterocycles. The topological polar surface area (TPSA) is 89.3 Å². The number of ketones is 1. The van der Waals surface area contributed by atoms with Crippen molar-refractivity contribution in [3.8, 4) is 0 Å². The summed E-state index contributed by atoms with van der Waals surface area (Å²) in [6, 6.07) is 14.2. The number of alkyl halides is 6. The number of nitrogens with two attached hydrogens (primary N) is 1. The molecule has 5 nitrogen and oxygen atoms in total. The second-order valence-corrected chi connectivity index (χ2v) is 8.21. The van der Waals surface area contributed by atoms with Crippen molar-refractivity contribution in [2.24, 2.45) is 5.73 Å². The molecule has 11 heteroatoms. The summed E-state index contributed by atoms with van der Waals surface area (Å²) in [7, 11) is 0. The van der Waals surface area contributed by atoms with Gasteiger partial charge in [-0.15, -0.1) is 0 Å². The van der Waals surface area contributed by atoms with E-state index < -0.39 is 53.3 Å². The highest BCUT2D eigenvalue weighted by Crippen LogP contribution is 2.36. The quantitative estimate of drug-likeness (QED) is 0.332. The molecule has 37 heavy (non-hydrogen) atoms. The number of nitrogens with one attached hydrogen (secondary N) is 1. The highest BCUT2D eigenvalue weighted by molar-refractivity contribution is 6.08. The molecule has 0 bridgehead atoms. The Labute approximate surface area is 207 Å². The van der Waals surface area contributed by atoms with Crippen LogP contribution in [0.1, 0.15) is 38.2 Å². The highest BCUT2D eigenvalue weighted by atomic mass is 19.4. The molecule has 0 spiro atoms. The van der Waals surface area contributed by atoms with Crippen molar-refractivity contribution in [1.82, 2.24) is 5.32 Å². The fourth-order valence-corrected chi connectivity index (χ4v) is 3.56. The molecule has 1 atom stereocenters. The fraction of sp³-hybridized carbons (Fsp3) is 0.192. The zero-order valence-electron chi connectivity index (χ0n) is 19.0. The van der Waals surface area contributed by atoms with E-state index in [1.165, 1.54) is 12.1 Å². The molecule has 3 aromatic carbocycles. The number of rotatable bonds is 8. The van der Waals surface area contributed by atoms with Gasteiger partial charge in [-0.3, -0.25) is 14.4 Å². The van der Waals surface area contributed by atoms with Crippen LogP contribution >= 0.6 is 0 Å². The summed E-state index contributed by atoms with van der Waals surface area (Å²) in [5.74, 6) is -2.18. The lowest BCUT2D eigenvalue weighted by Gasteiger charge is -2.17. The van der Waals surface area contributed by atoms with Gasteiger partial charge in [-0.25, -0.2) is 0 Å². The number of primary amides is 1. The SMILES string of the molecule is NC(=O)[C@@H](Cc1ccc(C(=O)c2ccccc2)cc1)NC(=O)Cc1cc(C(F)(F)F)cc(C(F)(F)F)c1. The maximum Gasteiger partial charge on any atom is 0.416 e. The smallest absolute Gasteiger partial charge is 0.368 e. The zero-order chi connectivity index (χ0) is 27.4. The Morgan fingerprint density at radius 1 is 0.730 bits per heavy atom. The minimum Gasteiger partial charge on any atom is -0.368 e. The van der Waals surface area contributed by atoms with Gasteiger partial charge in [0.2, 0.25) is 11.8 Å². The summed E-state index contributed by atoms with van der Waals surface area (Å²) in [5, 5.41) is 2.25. The first-order chi connectivity index (χ1) is 17.2. The van der Waals surface area contributed by atoms with Crippen LogP contribution in [0, 0.1) is 0 Å². The van der Waals surface area contributed by atoms with E-state index in [2.05, 4.69) is 5.32 Å². The molecular formula is C26H20F6N2O3. The van der Waals surface area contributed by atoms with Gasteiger partial charge < -0.3 is 11.1 Å². The molecule has 0 fully saturated rings. The van der Waals surface area contributed by atoms with Crippen LogP contribution in [0.15, 0.2) is 72.8 Å². The van der Waals surface area contributed by atoms with Crippen molar-refractivity contribution in [3.05, 3.63) is 106 Å². The van der Waals surface area contributed by atoms with E-state index in [4.69, 9.17) is 5.73 Å². The molecule has 0 aliphatic rings. The third kappa shape index (κ3) is 7.42. The number of carbonyl (C=O) groups is 3. The van der Waals surface area contributed by atoms with Gasteiger partial charge in [0.05, 0.1) is 17.5 Å². The maximum absolute atomic E-state index is 13.1. The normalized spacial score (nSPS) is 12.6. The van der Waals surface area contributed by atoms with Crippen LogP contribution in [-0.2, 0) is 34.8 Å². The second-order valence-electron chi connectivity index (χ2n) is 8.21. The second kappa shape index (κ2) is 10.9. The molecule has 0 heterocycles. The Morgan fingerprint density at radius 3 is 1.73 bits per heavy atom. The van der Waals surface area contributed by atoms with E-state index in [1.807, 2.05) is 0 Å². The third-order valence-electron chi connectivity index (χ3n) is 5.38.